The van der Waals surface area contributed by atoms with Crippen LogP contribution in [0.1, 0.15) is 15.9 Å². The molecule has 2 aromatic heterocycles. The molecule has 30 heavy (non-hydrogen) atoms. The highest BCUT2D eigenvalue weighted by molar-refractivity contribution is 6.02. The summed E-state index contributed by atoms with van der Waals surface area (Å²) in [6.45, 7) is 0.172. The minimum absolute atomic E-state index is 0.172. The standard InChI is InChI=1S/C23H19N3O4/c1-30-17-10-5-7-15(13-17)14-25-22(28)19-20(27)18-11-6-12-24-21(18)26(23(19)29)16-8-3-2-4-9-16/h2-13,27H,14H2,1H3,(H,25,28). The van der Waals surface area contributed by atoms with Crippen LogP contribution in [0.2, 0.25) is 0 Å². The lowest BCUT2D eigenvalue weighted by atomic mass is 10.1. The summed E-state index contributed by atoms with van der Waals surface area (Å²) < 4.78 is 6.51. The van der Waals surface area contributed by atoms with Crippen molar-refractivity contribution in [2.75, 3.05) is 7.11 Å². The van der Waals surface area contributed by atoms with Crippen molar-refractivity contribution in [2.45, 2.75) is 6.54 Å². The Kier molecular flexibility index (Phi) is 5.17. The number of para-hydroxylation sites is 1. The number of rotatable bonds is 5. The van der Waals surface area contributed by atoms with Gasteiger partial charge in [-0.15, -0.1) is 0 Å². The maximum Gasteiger partial charge on any atom is 0.273 e. The Morgan fingerprint density at radius 3 is 2.67 bits per heavy atom. The van der Waals surface area contributed by atoms with Gasteiger partial charge in [0.1, 0.15) is 17.1 Å². The highest BCUT2D eigenvalue weighted by Crippen LogP contribution is 2.26. The summed E-state index contributed by atoms with van der Waals surface area (Å²) in [6.07, 6.45) is 1.53. The summed E-state index contributed by atoms with van der Waals surface area (Å²) in [5.74, 6) is -0.401. The van der Waals surface area contributed by atoms with Gasteiger partial charge >= 0.3 is 0 Å². The van der Waals surface area contributed by atoms with Crippen LogP contribution in [0.3, 0.4) is 0 Å². The zero-order chi connectivity index (χ0) is 21.1. The summed E-state index contributed by atoms with van der Waals surface area (Å²) in [7, 11) is 1.56. The predicted octanol–water partition coefficient (Wildman–Crippen LogP) is 3.03. The second-order valence-corrected chi connectivity index (χ2v) is 6.61. The van der Waals surface area contributed by atoms with Crippen LogP contribution in [0.5, 0.6) is 11.5 Å². The zero-order valence-corrected chi connectivity index (χ0v) is 16.2. The van der Waals surface area contributed by atoms with E-state index >= 15 is 0 Å². The van der Waals surface area contributed by atoms with E-state index in [1.807, 2.05) is 18.2 Å². The fourth-order valence-electron chi connectivity index (χ4n) is 3.28. The van der Waals surface area contributed by atoms with Crippen LogP contribution in [0, 0.1) is 0 Å². The molecule has 0 fully saturated rings. The maximum atomic E-state index is 13.2. The van der Waals surface area contributed by atoms with E-state index in [-0.39, 0.29) is 17.8 Å². The number of carbonyl (C=O) groups excluding carboxylic acids is 1. The number of carbonyl (C=O) groups is 1. The van der Waals surface area contributed by atoms with E-state index < -0.39 is 17.2 Å². The molecule has 0 spiro atoms. The first-order valence-corrected chi connectivity index (χ1v) is 9.29. The number of amides is 1. The van der Waals surface area contributed by atoms with E-state index in [4.69, 9.17) is 4.74 Å². The molecule has 7 heteroatoms. The van der Waals surface area contributed by atoms with Crippen LogP contribution in [0.15, 0.2) is 77.7 Å². The number of fused-ring (bicyclic) bond motifs is 1. The Labute approximate surface area is 172 Å². The SMILES string of the molecule is COc1cccc(CNC(=O)c2c(O)c3cccnc3n(-c3ccccc3)c2=O)c1. The number of pyridine rings is 2. The minimum Gasteiger partial charge on any atom is -0.506 e. The molecule has 0 unspecified atom stereocenters. The number of aromatic nitrogens is 2. The van der Waals surface area contributed by atoms with Crippen molar-refractivity contribution in [1.29, 1.82) is 0 Å². The average Bonchev–Trinajstić information content (AvgIpc) is 2.79. The molecule has 1 amide bonds. The van der Waals surface area contributed by atoms with Crippen LogP contribution >= 0.6 is 0 Å². The van der Waals surface area contributed by atoms with Crippen molar-refractivity contribution < 1.29 is 14.6 Å². The molecule has 2 heterocycles. The van der Waals surface area contributed by atoms with Crippen molar-refractivity contribution in [3.63, 3.8) is 0 Å². The van der Waals surface area contributed by atoms with Gasteiger partial charge in [-0.3, -0.25) is 14.2 Å². The third-order valence-corrected chi connectivity index (χ3v) is 4.74. The van der Waals surface area contributed by atoms with Crippen molar-refractivity contribution in [2.24, 2.45) is 0 Å². The molecular weight excluding hydrogens is 382 g/mol. The topological polar surface area (TPSA) is 93.4 Å². The van der Waals surface area contributed by atoms with E-state index in [2.05, 4.69) is 10.3 Å². The quantitative estimate of drug-likeness (QED) is 0.536. The predicted molar refractivity (Wildman–Crippen MR) is 113 cm³/mol. The monoisotopic (exact) mass is 401 g/mol. The molecule has 4 rings (SSSR count). The fraction of sp³-hybridized carbons (Fsp3) is 0.0870. The molecule has 0 aliphatic carbocycles. The summed E-state index contributed by atoms with van der Waals surface area (Å²) in [6, 6.07) is 19.4. The summed E-state index contributed by atoms with van der Waals surface area (Å²) in [5, 5.41) is 13.7. The minimum atomic E-state index is -0.671. The molecule has 0 aliphatic heterocycles. The summed E-state index contributed by atoms with van der Waals surface area (Å²) >= 11 is 0. The number of methoxy groups -OCH3 is 1. The van der Waals surface area contributed by atoms with E-state index in [9.17, 15) is 14.7 Å². The van der Waals surface area contributed by atoms with Gasteiger partial charge in [0.15, 0.2) is 5.65 Å². The van der Waals surface area contributed by atoms with E-state index in [0.717, 1.165) is 5.56 Å². The lowest BCUT2D eigenvalue weighted by Crippen LogP contribution is -2.33. The van der Waals surface area contributed by atoms with Gasteiger partial charge in [0.2, 0.25) is 0 Å². The van der Waals surface area contributed by atoms with E-state index in [1.54, 1.807) is 55.6 Å². The Morgan fingerprint density at radius 2 is 1.90 bits per heavy atom. The number of hydrogen-bond acceptors (Lipinski definition) is 5. The van der Waals surface area contributed by atoms with Crippen LogP contribution in [-0.4, -0.2) is 27.7 Å². The molecule has 4 aromatic rings. The molecule has 0 radical (unpaired) electrons. The summed E-state index contributed by atoms with van der Waals surface area (Å²) in [5.41, 5.74) is 0.645. The van der Waals surface area contributed by atoms with Crippen LogP contribution in [0.4, 0.5) is 0 Å². The Balaban J connectivity index is 1.78. The summed E-state index contributed by atoms with van der Waals surface area (Å²) in [4.78, 5) is 30.4. The Hall–Kier alpha value is -4.13. The number of benzene rings is 2. The Bertz CT molecular complexity index is 1280. The second-order valence-electron chi connectivity index (χ2n) is 6.61. The first-order chi connectivity index (χ1) is 14.6. The third kappa shape index (κ3) is 3.48. The molecule has 0 saturated carbocycles. The molecule has 0 aliphatic rings. The Morgan fingerprint density at radius 1 is 1.10 bits per heavy atom. The molecule has 0 saturated heterocycles. The first kappa shape index (κ1) is 19.2. The smallest absolute Gasteiger partial charge is 0.273 e. The number of nitrogens with one attached hydrogen (secondary N) is 1. The molecule has 150 valence electrons. The number of aromatic hydroxyl groups is 1. The lowest BCUT2D eigenvalue weighted by Gasteiger charge is -2.14. The van der Waals surface area contributed by atoms with Crippen molar-refractivity contribution in [3.05, 3.63) is 94.4 Å². The van der Waals surface area contributed by atoms with Crippen molar-refractivity contribution >= 4 is 16.9 Å². The average molecular weight is 401 g/mol. The van der Waals surface area contributed by atoms with E-state index in [1.165, 1.54) is 10.8 Å². The lowest BCUT2D eigenvalue weighted by molar-refractivity contribution is 0.0946. The van der Waals surface area contributed by atoms with Gasteiger partial charge in [-0.1, -0.05) is 30.3 Å². The normalized spacial score (nSPS) is 10.7. The van der Waals surface area contributed by atoms with Gasteiger partial charge in [0.05, 0.1) is 18.2 Å². The van der Waals surface area contributed by atoms with Crippen LogP contribution < -0.4 is 15.6 Å². The fourth-order valence-corrected chi connectivity index (χ4v) is 3.28. The van der Waals surface area contributed by atoms with Gasteiger partial charge in [-0.05, 0) is 42.0 Å². The van der Waals surface area contributed by atoms with Gasteiger partial charge < -0.3 is 15.2 Å². The second kappa shape index (κ2) is 8.08. The van der Waals surface area contributed by atoms with E-state index in [0.29, 0.717) is 16.8 Å². The molecule has 2 aromatic carbocycles. The number of nitrogens with zero attached hydrogens (tertiary/aromatic N) is 2. The largest absolute Gasteiger partial charge is 0.506 e. The molecular formula is C23H19N3O4. The number of hydrogen-bond donors (Lipinski definition) is 2. The molecule has 2 N–H and O–H groups in total. The molecule has 0 atom stereocenters. The maximum absolute atomic E-state index is 13.2. The number of ether oxygens (including phenoxy) is 1. The first-order valence-electron chi connectivity index (χ1n) is 9.29. The van der Waals surface area contributed by atoms with Gasteiger partial charge in [-0.25, -0.2) is 4.98 Å². The van der Waals surface area contributed by atoms with Crippen LogP contribution in [0.25, 0.3) is 16.7 Å². The van der Waals surface area contributed by atoms with Gasteiger partial charge in [-0.2, -0.15) is 0 Å². The molecule has 0 bridgehead atoms. The van der Waals surface area contributed by atoms with Crippen molar-refractivity contribution in [1.82, 2.24) is 14.9 Å². The van der Waals surface area contributed by atoms with Gasteiger partial charge in [0.25, 0.3) is 11.5 Å². The zero-order valence-electron chi connectivity index (χ0n) is 16.2. The molecule has 7 nitrogen and oxygen atoms in total. The third-order valence-electron chi connectivity index (χ3n) is 4.74. The highest BCUT2D eigenvalue weighted by atomic mass is 16.5. The van der Waals surface area contributed by atoms with Crippen molar-refractivity contribution in [3.8, 4) is 17.2 Å². The highest BCUT2D eigenvalue weighted by Gasteiger charge is 2.23. The van der Waals surface area contributed by atoms with Crippen LogP contribution in [-0.2, 0) is 6.54 Å². The van der Waals surface area contributed by atoms with Gasteiger partial charge in [0, 0.05) is 12.7 Å².